The minimum atomic E-state index is 0.424. The van der Waals surface area contributed by atoms with Gasteiger partial charge in [-0.15, -0.1) is 11.3 Å². The summed E-state index contributed by atoms with van der Waals surface area (Å²) in [6.07, 6.45) is 0. The summed E-state index contributed by atoms with van der Waals surface area (Å²) in [5.74, 6) is 0. The summed E-state index contributed by atoms with van der Waals surface area (Å²) < 4.78 is 11.5. The number of nitriles is 2. The normalized spacial score (nSPS) is 12.0. The first-order chi connectivity index (χ1) is 39.6. The summed E-state index contributed by atoms with van der Waals surface area (Å²) in [6, 6.07) is 89.9. The number of thiophene rings is 1. The van der Waals surface area contributed by atoms with Crippen molar-refractivity contribution in [2.75, 3.05) is 0 Å². The molecule has 0 amide bonds. The molecule has 0 fully saturated rings. The highest BCUT2D eigenvalue weighted by atomic mass is 32.1. The molecule has 80 heavy (non-hydrogen) atoms. The average molecular weight is 1040 g/mol. The topological polar surface area (TPSA) is 67.3 Å². The molecule has 370 valence electrons. The molecule has 0 unspecified atom stereocenters. The molecule has 5 heterocycles. The van der Waals surface area contributed by atoms with E-state index in [4.69, 9.17) is 0 Å². The monoisotopic (exact) mass is 1030 g/mol. The second-order valence-corrected chi connectivity index (χ2v) is 22.0. The fourth-order valence-corrected chi connectivity index (χ4v) is 15.0. The smallest absolute Gasteiger partial charge is 0.104 e. The van der Waals surface area contributed by atoms with Crippen molar-refractivity contribution in [1.29, 1.82) is 10.5 Å². The lowest BCUT2D eigenvalue weighted by Gasteiger charge is -2.27. The van der Waals surface area contributed by atoms with E-state index in [1.54, 1.807) is 0 Å². The van der Waals surface area contributed by atoms with Crippen molar-refractivity contribution in [3.05, 3.63) is 253 Å². The average Bonchev–Trinajstić information content (AvgIpc) is 4.44. The van der Waals surface area contributed by atoms with Crippen molar-refractivity contribution >= 4 is 130 Å². The number of fused-ring (bicyclic) bond motifs is 17. The van der Waals surface area contributed by atoms with Crippen LogP contribution < -0.4 is 0 Å². The van der Waals surface area contributed by atoms with Gasteiger partial charge in [-0.2, -0.15) is 10.5 Å². The van der Waals surface area contributed by atoms with Crippen LogP contribution in [0.1, 0.15) is 16.7 Å². The molecule has 6 nitrogen and oxygen atoms in total. The van der Waals surface area contributed by atoms with Gasteiger partial charge >= 0.3 is 0 Å². The van der Waals surface area contributed by atoms with Gasteiger partial charge in [-0.25, -0.2) is 0 Å². The minimum absolute atomic E-state index is 0.424. The summed E-state index contributed by atoms with van der Waals surface area (Å²) in [5.41, 5.74) is 14.2. The van der Waals surface area contributed by atoms with Crippen molar-refractivity contribution in [3.63, 3.8) is 0 Å². The number of rotatable bonds is 5. The van der Waals surface area contributed by atoms with Crippen molar-refractivity contribution in [2.45, 2.75) is 6.92 Å². The summed E-state index contributed by atoms with van der Waals surface area (Å²) >= 11 is 1.81. The fraction of sp³-hybridized carbons (Fsp3) is 0.0137. The van der Waals surface area contributed by atoms with Crippen molar-refractivity contribution in [1.82, 2.24) is 18.3 Å². The van der Waals surface area contributed by atoms with Gasteiger partial charge in [-0.1, -0.05) is 176 Å². The molecule has 0 radical (unpaired) electrons. The summed E-state index contributed by atoms with van der Waals surface area (Å²) in [4.78, 5) is 0. The second kappa shape index (κ2) is 16.7. The van der Waals surface area contributed by atoms with Gasteiger partial charge in [0, 0.05) is 63.3 Å². The molecule has 0 spiro atoms. The molecule has 0 N–H and O–H groups in total. The maximum absolute atomic E-state index is 12.9. The third kappa shape index (κ3) is 5.88. The Labute approximate surface area is 461 Å². The van der Waals surface area contributed by atoms with E-state index in [0.717, 1.165) is 92.8 Å². The SMILES string of the molecule is Cc1ccc2ccccc2c1-c1ccc2c(c1)c1c3sc4ccccc4c3ccc1n2-c1c(C#N)c(-n2c3ccccc3c3ccccc32)c(-n2c3ccccc3c3ccccc32)c(C#N)c1-n1c2ccccc2c2ccccc21. The van der Waals surface area contributed by atoms with Crippen LogP contribution in [0.2, 0.25) is 0 Å². The lowest BCUT2D eigenvalue weighted by molar-refractivity contribution is 1.02. The second-order valence-electron chi connectivity index (χ2n) is 21.0. The Morgan fingerprint density at radius 3 is 1.16 bits per heavy atom. The molecule has 0 aliphatic carbocycles. The third-order valence-corrected chi connectivity index (χ3v) is 18.2. The maximum Gasteiger partial charge on any atom is 0.104 e. The fourth-order valence-electron chi connectivity index (χ4n) is 13.7. The maximum atomic E-state index is 12.9. The number of para-hydroxylation sites is 6. The number of hydrogen-bond donors (Lipinski definition) is 0. The van der Waals surface area contributed by atoms with Gasteiger partial charge in [0.05, 0.1) is 66.9 Å². The van der Waals surface area contributed by atoms with Crippen LogP contribution in [0.15, 0.2) is 237 Å². The lowest BCUT2D eigenvalue weighted by Crippen LogP contribution is -2.16. The summed E-state index contributed by atoms with van der Waals surface area (Å²) in [7, 11) is 0. The minimum Gasteiger partial charge on any atom is -0.306 e. The Morgan fingerprint density at radius 2 is 0.700 bits per heavy atom. The zero-order valence-corrected chi connectivity index (χ0v) is 43.9. The first-order valence-corrected chi connectivity index (χ1v) is 27.8. The molecule has 5 aromatic heterocycles. The van der Waals surface area contributed by atoms with Crippen LogP contribution in [0, 0.1) is 29.6 Å². The molecule has 17 aromatic rings. The van der Waals surface area contributed by atoms with Crippen LogP contribution in [0.4, 0.5) is 0 Å². The van der Waals surface area contributed by atoms with Crippen LogP contribution >= 0.6 is 11.3 Å². The molecule has 12 aromatic carbocycles. The van der Waals surface area contributed by atoms with Crippen molar-refractivity contribution in [3.8, 4) is 46.0 Å². The van der Waals surface area contributed by atoms with E-state index >= 15 is 0 Å². The van der Waals surface area contributed by atoms with E-state index in [-0.39, 0.29) is 0 Å². The van der Waals surface area contributed by atoms with Crippen LogP contribution in [-0.4, -0.2) is 18.3 Å². The van der Waals surface area contributed by atoms with Crippen LogP contribution in [0.3, 0.4) is 0 Å². The Kier molecular flexibility index (Phi) is 9.25. The first kappa shape index (κ1) is 44.4. The molecule has 0 saturated carbocycles. The highest BCUT2D eigenvalue weighted by molar-refractivity contribution is 7.26. The molecule has 0 atom stereocenters. The molecule has 0 aliphatic heterocycles. The Morgan fingerprint density at radius 1 is 0.325 bits per heavy atom. The quantitative estimate of drug-likeness (QED) is 0.172. The van der Waals surface area contributed by atoms with E-state index in [9.17, 15) is 10.5 Å². The molecule has 17 rings (SSSR count). The van der Waals surface area contributed by atoms with Gasteiger partial charge in [0.25, 0.3) is 0 Å². The van der Waals surface area contributed by atoms with Gasteiger partial charge in [0.15, 0.2) is 0 Å². The molecule has 7 heteroatoms. The predicted octanol–water partition coefficient (Wildman–Crippen LogP) is 19.3. The van der Waals surface area contributed by atoms with Crippen LogP contribution in [0.5, 0.6) is 0 Å². The Bertz CT molecular complexity index is 5500. The Balaban J connectivity index is 1.16. The van der Waals surface area contributed by atoms with Gasteiger partial charge in [-0.05, 0) is 95.1 Å². The van der Waals surface area contributed by atoms with Gasteiger partial charge < -0.3 is 18.3 Å². The lowest BCUT2D eigenvalue weighted by atomic mass is 9.93. The van der Waals surface area contributed by atoms with Crippen molar-refractivity contribution < 1.29 is 0 Å². The van der Waals surface area contributed by atoms with Gasteiger partial charge in [-0.3, -0.25) is 0 Å². The highest BCUT2D eigenvalue weighted by Crippen LogP contribution is 2.51. The highest BCUT2D eigenvalue weighted by Gasteiger charge is 2.35. The largest absolute Gasteiger partial charge is 0.306 e. The van der Waals surface area contributed by atoms with E-state index < -0.39 is 0 Å². The predicted molar refractivity (Wildman–Crippen MR) is 334 cm³/mol. The van der Waals surface area contributed by atoms with Crippen LogP contribution in [-0.2, 0) is 0 Å². The number of hydrogen-bond acceptors (Lipinski definition) is 3. The molecule has 0 bridgehead atoms. The van der Waals surface area contributed by atoms with Crippen molar-refractivity contribution in [2.24, 2.45) is 0 Å². The van der Waals surface area contributed by atoms with Crippen LogP contribution in [0.25, 0.3) is 152 Å². The standard InChI is InChI=1S/C73H42N6S/c1-43-34-35-44-18-2-3-19-46(44)67(43)45-36-38-64-55(40-45)68-65(39-37-54-53-26-10-17-33-66(53)80-73(54)68)79(64)72-57(42-75)70(77-60-29-13-6-22-49(60)50-23-7-14-30-61(50)77)69(76-58-27-11-4-20-47(58)48-21-5-12-28-59(48)76)56(41-74)71(72)78-62-31-15-8-24-51(62)52-25-9-16-32-63(52)78/h2-40H,1H3. The zero-order chi connectivity index (χ0) is 52.9. The van der Waals surface area contributed by atoms with E-state index in [2.05, 4.69) is 274 Å². The van der Waals surface area contributed by atoms with E-state index in [1.807, 2.05) is 11.3 Å². The molecule has 0 saturated heterocycles. The van der Waals surface area contributed by atoms with Gasteiger partial charge in [0.1, 0.15) is 23.3 Å². The molecule has 0 aliphatic rings. The Hall–Kier alpha value is -10.7. The number of aromatic nitrogens is 4. The molecular formula is C73H42N6S. The number of aryl methyl sites for hydroxylation is 1. The van der Waals surface area contributed by atoms with E-state index in [1.165, 1.54) is 42.1 Å². The third-order valence-electron chi connectivity index (χ3n) is 17.0. The van der Waals surface area contributed by atoms with Gasteiger partial charge in [0.2, 0.25) is 0 Å². The molecular weight excluding hydrogens is 993 g/mol. The summed E-state index contributed by atoms with van der Waals surface area (Å²) in [5, 5.41) is 38.8. The number of nitrogens with zero attached hydrogens (tertiary/aromatic N) is 6. The first-order valence-electron chi connectivity index (χ1n) is 27.0. The number of benzene rings is 12. The van der Waals surface area contributed by atoms with E-state index in [0.29, 0.717) is 33.9 Å². The zero-order valence-electron chi connectivity index (χ0n) is 43.1. The summed E-state index contributed by atoms with van der Waals surface area (Å²) in [6.45, 7) is 2.20.